The van der Waals surface area contributed by atoms with Gasteiger partial charge in [0.1, 0.15) is 17.2 Å². The van der Waals surface area contributed by atoms with Crippen LogP contribution in [0, 0.1) is 0 Å². The maximum atomic E-state index is 12.3. The summed E-state index contributed by atoms with van der Waals surface area (Å²) < 4.78 is 10.9. The van der Waals surface area contributed by atoms with Crippen molar-refractivity contribution in [1.82, 2.24) is 5.32 Å². The summed E-state index contributed by atoms with van der Waals surface area (Å²) in [5, 5.41) is 3.12. The second-order valence-corrected chi connectivity index (χ2v) is 6.11. The third-order valence-corrected chi connectivity index (χ3v) is 4.35. The topological polar surface area (TPSA) is 47.6 Å². The van der Waals surface area contributed by atoms with Crippen LogP contribution in [0.15, 0.2) is 48.5 Å². The van der Waals surface area contributed by atoms with E-state index in [0.29, 0.717) is 17.4 Å². The fraction of sp³-hybridized carbons (Fsp3) is 0.350. The van der Waals surface area contributed by atoms with Crippen LogP contribution in [-0.2, 0) is 0 Å². The molecule has 1 amide bonds. The Bertz CT molecular complexity index is 658. The molecule has 1 N–H and O–H groups in total. The number of rotatable bonds is 5. The Morgan fingerprint density at radius 3 is 2.00 bits per heavy atom. The summed E-state index contributed by atoms with van der Waals surface area (Å²) in [7, 11) is 1.63. The summed E-state index contributed by atoms with van der Waals surface area (Å²) in [6.07, 6.45) is 5.87. The number of carbonyl (C=O) groups excluding carboxylic acids is 1. The summed E-state index contributed by atoms with van der Waals surface area (Å²) in [5.41, 5.74) is 0.669. The van der Waals surface area contributed by atoms with E-state index in [4.69, 9.17) is 9.47 Å². The highest BCUT2D eigenvalue weighted by atomic mass is 16.5. The first-order chi connectivity index (χ1) is 11.7. The lowest BCUT2D eigenvalue weighted by Crippen LogP contribution is -2.36. The molecule has 1 saturated carbocycles. The van der Waals surface area contributed by atoms with Gasteiger partial charge in [-0.25, -0.2) is 0 Å². The van der Waals surface area contributed by atoms with Crippen LogP contribution >= 0.6 is 0 Å². The van der Waals surface area contributed by atoms with Crippen molar-refractivity contribution in [3.05, 3.63) is 54.1 Å². The molecule has 0 unspecified atom stereocenters. The van der Waals surface area contributed by atoms with Crippen LogP contribution in [-0.4, -0.2) is 19.1 Å². The van der Waals surface area contributed by atoms with Gasteiger partial charge in [-0.2, -0.15) is 0 Å². The van der Waals surface area contributed by atoms with E-state index in [0.717, 1.165) is 24.3 Å². The Kier molecular flexibility index (Phi) is 5.36. The molecule has 0 saturated heterocycles. The molecular weight excluding hydrogens is 302 g/mol. The van der Waals surface area contributed by atoms with Gasteiger partial charge in [0.25, 0.3) is 5.91 Å². The van der Waals surface area contributed by atoms with Crippen molar-refractivity contribution in [2.75, 3.05) is 7.11 Å². The van der Waals surface area contributed by atoms with Crippen molar-refractivity contribution in [3.63, 3.8) is 0 Å². The molecule has 0 aliphatic heterocycles. The number of hydrogen-bond acceptors (Lipinski definition) is 3. The second kappa shape index (κ2) is 7.86. The molecule has 4 heteroatoms. The van der Waals surface area contributed by atoms with Crippen LogP contribution in [0.25, 0.3) is 0 Å². The van der Waals surface area contributed by atoms with Gasteiger partial charge < -0.3 is 14.8 Å². The molecule has 2 aromatic rings. The summed E-state index contributed by atoms with van der Waals surface area (Å²) in [6.45, 7) is 0. The maximum Gasteiger partial charge on any atom is 0.251 e. The number of methoxy groups -OCH3 is 1. The predicted octanol–water partition coefficient (Wildman–Crippen LogP) is 4.55. The number of ether oxygens (including phenoxy) is 2. The van der Waals surface area contributed by atoms with Gasteiger partial charge in [0.2, 0.25) is 0 Å². The molecule has 0 aromatic heterocycles. The van der Waals surface area contributed by atoms with E-state index in [9.17, 15) is 4.79 Å². The van der Waals surface area contributed by atoms with Gasteiger partial charge >= 0.3 is 0 Å². The number of benzene rings is 2. The summed E-state index contributed by atoms with van der Waals surface area (Å²) in [4.78, 5) is 12.3. The zero-order valence-electron chi connectivity index (χ0n) is 14.0. The molecule has 0 atom stereocenters. The van der Waals surface area contributed by atoms with E-state index < -0.39 is 0 Å². The van der Waals surface area contributed by atoms with Crippen molar-refractivity contribution in [3.8, 4) is 17.2 Å². The first kappa shape index (κ1) is 16.4. The van der Waals surface area contributed by atoms with E-state index in [-0.39, 0.29) is 5.91 Å². The Balaban J connectivity index is 1.58. The number of nitrogens with one attached hydrogen (secondary N) is 1. The highest BCUT2D eigenvalue weighted by Crippen LogP contribution is 2.24. The highest BCUT2D eigenvalue weighted by molar-refractivity contribution is 5.94. The molecular formula is C20H23NO3. The largest absolute Gasteiger partial charge is 0.497 e. The van der Waals surface area contributed by atoms with Crippen molar-refractivity contribution in [2.45, 2.75) is 38.1 Å². The van der Waals surface area contributed by atoms with Crippen LogP contribution < -0.4 is 14.8 Å². The normalized spacial score (nSPS) is 14.9. The van der Waals surface area contributed by atoms with Gasteiger partial charge in [0.05, 0.1) is 7.11 Å². The smallest absolute Gasteiger partial charge is 0.251 e. The van der Waals surface area contributed by atoms with E-state index in [1.165, 1.54) is 19.3 Å². The van der Waals surface area contributed by atoms with Gasteiger partial charge in [-0.15, -0.1) is 0 Å². The number of amides is 1. The van der Waals surface area contributed by atoms with Crippen LogP contribution in [0.1, 0.15) is 42.5 Å². The standard InChI is InChI=1S/C20H23NO3/c1-23-17-11-13-19(14-12-17)24-18-9-7-15(8-10-18)20(22)21-16-5-3-2-4-6-16/h7-14,16H,2-6H2,1H3,(H,21,22). The van der Waals surface area contributed by atoms with Gasteiger partial charge in [0.15, 0.2) is 0 Å². The van der Waals surface area contributed by atoms with Gasteiger partial charge in [-0.1, -0.05) is 19.3 Å². The van der Waals surface area contributed by atoms with E-state index in [2.05, 4.69) is 5.32 Å². The molecule has 1 aliphatic rings. The first-order valence-corrected chi connectivity index (χ1v) is 8.47. The van der Waals surface area contributed by atoms with Crippen LogP contribution in [0.5, 0.6) is 17.2 Å². The molecule has 126 valence electrons. The minimum atomic E-state index is -0.00195. The molecule has 0 spiro atoms. The number of hydrogen-bond donors (Lipinski definition) is 1. The van der Waals surface area contributed by atoms with Crippen molar-refractivity contribution < 1.29 is 14.3 Å². The van der Waals surface area contributed by atoms with Gasteiger partial charge in [-0.3, -0.25) is 4.79 Å². The molecule has 0 bridgehead atoms. The van der Waals surface area contributed by atoms with Crippen LogP contribution in [0.3, 0.4) is 0 Å². The zero-order valence-corrected chi connectivity index (χ0v) is 14.0. The minimum Gasteiger partial charge on any atom is -0.497 e. The van der Waals surface area contributed by atoms with Crippen molar-refractivity contribution in [2.24, 2.45) is 0 Å². The summed E-state index contributed by atoms with van der Waals surface area (Å²) >= 11 is 0. The SMILES string of the molecule is COc1ccc(Oc2ccc(C(=O)NC3CCCCC3)cc2)cc1. The quantitative estimate of drug-likeness (QED) is 0.877. The third kappa shape index (κ3) is 4.28. The van der Waals surface area contributed by atoms with E-state index in [1.54, 1.807) is 19.2 Å². The molecule has 24 heavy (non-hydrogen) atoms. The average Bonchev–Trinajstić information content (AvgIpc) is 2.64. The predicted molar refractivity (Wildman–Crippen MR) is 93.8 cm³/mol. The lowest BCUT2D eigenvalue weighted by atomic mass is 9.95. The first-order valence-electron chi connectivity index (χ1n) is 8.47. The molecule has 1 fully saturated rings. The fourth-order valence-corrected chi connectivity index (χ4v) is 2.97. The molecule has 0 radical (unpaired) electrons. The highest BCUT2D eigenvalue weighted by Gasteiger charge is 2.16. The fourth-order valence-electron chi connectivity index (χ4n) is 2.97. The lowest BCUT2D eigenvalue weighted by Gasteiger charge is -2.22. The molecule has 2 aromatic carbocycles. The zero-order chi connectivity index (χ0) is 16.8. The van der Waals surface area contributed by atoms with E-state index >= 15 is 0 Å². The van der Waals surface area contributed by atoms with Gasteiger partial charge in [0, 0.05) is 11.6 Å². The summed E-state index contributed by atoms with van der Waals surface area (Å²) in [6, 6.07) is 15.0. The monoisotopic (exact) mass is 325 g/mol. The average molecular weight is 325 g/mol. The maximum absolute atomic E-state index is 12.3. The molecule has 4 nitrogen and oxygen atoms in total. The van der Waals surface area contributed by atoms with E-state index in [1.807, 2.05) is 36.4 Å². The minimum absolute atomic E-state index is 0.00195. The van der Waals surface area contributed by atoms with Crippen molar-refractivity contribution >= 4 is 5.91 Å². The van der Waals surface area contributed by atoms with Crippen LogP contribution in [0.4, 0.5) is 0 Å². The van der Waals surface area contributed by atoms with Gasteiger partial charge in [-0.05, 0) is 61.4 Å². The van der Waals surface area contributed by atoms with Crippen LogP contribution in [0.2, 0.25) is 0 Å². The number of carbonyl (C=O) groups is 1. The third-order valence-electron chi connectivity index (χ3n) is 4.35. The Hall–Kier alpha value is -2.49. The molecule has 0 heterocycles. The molecule has 3 rings (SSSR count). The Labute approximate surface area is 142 Å². The molecule has 1 aliphatic carbocycles. The second-order valence-electron chi connectivity index (χ2n) is 6.11. The summed E-state index contributed by atoms with van der Waals surface area (Å²) in [5.74, 6) is 2.22. The van der Waals surface area contributed by atoms with Crippen molar-refractivity contribution in [1.29, 1.82) is 0 Å². The Morgan fingerprint density at radius 2 is 1.42 bits per heavy atom. The Morgan fingerprint density at radius 1 is 0.875 bits per heavy atom. The lowest BCUT2D eigenvalue weighted by molar-refractivity contribution is 0.0927.